The van der Waals surface area contributed by atoms with Crippen molar-refractivity contribution in [2.75, 3.05) is 0 Å². The topological polar surface area (TPSA) is 63.8 Å². The molecule has 3 fully saturated rings. The van der Waals surface area contributed by atoms with Crippen LogP contribution < -0.4 is 0 Å². The highest BCUT2D eigenvalue weighted by molar-refractivity contribution is 5.12. The summed E-state index contributed by atoms with van der Waals surface area (Å²) in [6.07, 6.45) is 13.3. The first-order valence-corrected chi connectivity index (χ1v) is 14.6. The standard InChI is InChI=1S/C29H50N4O/c1-7-20(18(2)3)9-8-19(4)23-10-11-24-22-17-27-30-31-32-33(27)26-16-21(34)12-14-29(26,6)25(22)13-15-28(23,24)5/h18-26,34H,7-17H2,1-6H3. The number of hydrogen-bond acceptors (Lipinski definition) is 4. The Morgan fingerprint density at radius 1 is 1.00 bits per heavy atom. The molecule has 1 N–H and O–H groups in total. The van der Waals surface area contributed by atoms with Crippen LogP contribution in [-0.4, -0.2) is 31.4 Å². The van der Waals surface area contributed by atoms with Gasteiger partial charge in [0, 0.05) is 6.42 Å². The Morgan fingerprint density at radius 3 is 2.47 bits per heavy atom. The minimum Gasteiger partial charge on any atom is -0.393 e. The molecule has 0 spiro atoms. The Bertz CT molecular complexity index is 853. The van der Waals surface area contributed by atoms with Crippen molar-refractivity contribution in [3.8, 4) is 0 Å². The summed E-state index contributed by atoms with van der Waals surface area (Å²) in [4.78, 5) is 0. The third kappa shape index (κ3) is 3.87. The molecule has 3 saturated carbocycles. The summed E-state index contributed by atoms with van der Waals surface area (Å²) in [6.45, 7) is 15.0. The number of nitrogens with zero attached hydrogens (tertiary/aromatic N) is 4. The Morgan fingerprint density at radius 2 is 1.74 bits per heavy atom. The largest absolute Gasteiger partial charge is 0.393 e. The van der Waals surface area contributed by atoms with E-state index in [4.69, 9.17) is 0 Å². The molecule has 5 rings (SSSR count). The molecular formula is C29H50N4O. The maximum absolute atomic E-state index is 10.6. The summed E-state index contributed by atoms with van der Waals surface area (Å²) in [5.41, 5.74) is 0.657. The van der Waals surface area contributed by atoms with Crippen LogP contribution in [0.1, 0.15) is 118 Å². The van der Waals surface area contributed by atoms with Crippen LogP contribution in [0.25, 0.3) is 0 Å². The first kappa shape index (κ1) is 24.7. The van der Waals surface area contributed by atoms with Gasteiger partial charge >= 0.3 is 0 Å². The van der Waals surface area contributed by atoms with Gasteiger partial charge in [-0.05, 0) is 114 Å². The lowest BCUT2D eigenvalue weighted by Crippen LogP contribution is -2.50. The Labute approximate surface area is 207 Å². The summed E-state index contributed by atoms with van der Waals surface area (Å²) >= 11 is 0. The van der Waals surface area contributed by atoms with Gasteiger partial charge in [0.25, 0.3) is 0 Å². The average Bonchev–Trinajstić information content (AvgIpc) is 3.37. The highest BCUT2D eigenvalue weighted by Gasteiger charge is 2.61. The molecule has 3 aliphatic carbocycles. The zero-order valence-corrected chi connectivity index (χ0v) is 22.7. The molecule has 192 valence electrons. The van der Waals surface area contributed by atoms with Gasteiger partial charge in [-0.1, -0.05) is 54.4 Å². The molecule has 34 heavy (non-hydrogen) atoms. The number of hydrogen-bond donors (Lipinski definition) is 1. The van der Waals surface area contributed by atoms with Gasteiger partial charge in [-0.2, -0.15) is 0 Å². The summed E-state index contributed by atoms with van der Waals surface area (Å²) in [6, 6.07) is 0.249. The predicted octanol–water partition coefficient (Wildman–Crippen LogP) is 6.48. The van der Waals surface area contributed by atoms with Crippen LogP contribution in [-0.2, 0) is 6.42 Å². The van der Waals surface area contributed by atoms with Gasteiger partial charge in [-0.15, -0.1) is 5.10 Å². The number of rotatable bonds is 6. The zero-order chi connectivity index (χ0) is 24.3. The highest BCUT2D eigenvalue weighted by atomic mass is 16.3. The molecule has 2 heterocycles. The van der Waals surface area contributed by atoms with E-state index in [1.165, 1.54) is 44.9 Å². The van der Waals surface area contributed by atoms with E-state index in [1.807, 2.05) is 0 Å². The maximum Gasteiger partial charge on any atom is 0.151 e. The second-order valence-electron chi connectivity index (χ2n) is 13.8. The van der Waals surface area contributed by atoms with Crippen molar-refractivity contribution in [1.29, 1.82) is 0 Å². The van der Waals surface area contributed by atoms with E-state index in [0.29, 0.717) is 17.3 Å². The number of aliphatic hydroxyl groups is 1. The minimum absolute atomic E-state index is 0.196. The van der Waals surface area contributed by atoms with Gasteiger partial charge in [0.15, 0.2) is 5.82 Å². The molecule has 1 aromatic rings. The number of aromatic nitrogens is 4. The van der Waals surface area contributed by atoms with Crippen molar-refractivity contribution in [3.63, 3.8) is 0 Å². The van der Waals surface area contributed by atoms with E-state index < -0.39 is 0 Å². The molecule has 0 amide bonds. The quantitative estimate of drug-likeness (QED) is 0.517. The smallest absolute Gasteiger partial charge is 0.151 e. The number of tetrazole rings is 1. The lowest BCUT2D eigenvalue weighted by Gasteiger charge is -2.56. The van der Waals surface area contributed by atoms with Crippen LogP contribution >= 0.6 is 0 Å². The van der Waals surface area contributed by atoms with Crippen LogP contribution in [0.2, 0.25) is 0 Å². The van der Waals surface area contributed by atoms with Crippen molar-refractivity contribution in [2.24, 2.45) is 52.3 Å². The first-order valence-electron chi connectivity index (χ1n) is 14.6. The third-order valence-electron chi connectivity index (χ3n) is 12.1. The van der Waals surface area contributed by atoms with Gasteiger partial charge in [0.1, 0.15) is 0 Å². The summed E-state index contributed by atoms with van der Waals surface area (Å²) in [5.74, 6) is 6.64. The van der Waals surface area contributed by atoms with Gasteiger partial charge in [0.2, 0.25) is 0 Å². The lowest BCUT2D eigenvalue weighted by molar-refractivity contribution is -0.0866. The van der Waals surface area contributed by atoms with Gasteiger partial charge in [-0.25, -0.2) is 4.68 Å². The predicted molar refractivity (Wildman–Crippen MR) is 136 cm³/mol. The van der Waals surface area contributed by atoms with Gasteiger partial charge < -0.3 is 5.11 Å². The van der Waals surface area contributed by atoms with Crippen molar-refractivity contribution < 1.29 is 5.11 Å². The van der Waals surface area contributed by atoms with Crippen molar-refractivity contribution in [1.82, 2.24) is 20.2 Å². The Hall–Kier alpha value is -0.970. The molecule has 0 saturated heterocycles. The third-order valence-corrected chi connectivity index (χ3v) is 12.1. The molecule has 0 aromatic carbocycles. The maximum atomic E-state index is 10.6. The molecule has 10 atom stereocenters. The second-order valence-corrected chi connectivity index (χ2v) is 13.8. The van der Waals surface area contributed by atoms with E-state index >= 15 is 0 Å². The SMILES string of the molecule is CCC(CCC(C)C1CCC2C3Cc4nnnn4C4CC(O)CCC4(C)C3CCC12C)C(C)C. The fraction of sp³-hybridized carbons (Fsp3) is 0.966. The van der Waals surface area contributed by atoms with E-state index in [0.717, 1.165) is 61.1 Å². The average molecular weight is 471 g/mol. The molecule has 5 nitrogen and oxygen atoms in total. The lowest BCUT2D eigenvalue weighted by atomic mass is 9.49. The van der Waals surface area contributed by atoms with E-state index in [1.54, 1.807) is 0 Å². The minimum atomic E-state index is -0.213. The van der Waals surface area contributed by atoms with E-state index in [9.17, 15) is 5.11 Å². The molecule has 0 bridgehead atoms. The summed E-state index contributed by atoms with van der Waals surface area (Å²) in [7, 11) is 0. The zero-order valence-electron chi connectivity index (χ0n) is 22.7. The fourth-order valence-corrected chi connectivity index (χ4v) is 9.95. The Balaban J connectivity index is 1.39. The van der Waals surface area contributed by atoms with Crippen molar-refractivity contribution >= 4 is 0 Å². The molecule has 5 heteroatoms. The monoisotopic (exact) mass is 470 g/mol. The number of aliphatic hydroxyl groups excluding tert-OH is 1. The Kier molecular flexibility index (Phi) is 6.66. The molecule has 1 aromatic heterocycles. The van der Waals surface area contributed by atoms with E-state index in [2.05, 4.69) is 61.7 Å². The fourth-order valence-electron chi connectivity index (χ4n) is 9.95. The highest BCUT2D eigenvalue weighted by Crippen LogP contribution is 2.67. The van der Waals surface area contributed by atoms with Crippen LogP contribution in [0, 0.1) is 52.3 Å². The van der Waals surface area contributed by atoms with Crippen molar-refractivity contribution in [3.05, 3.63) is 5.82 Å². The summed E-state index contributed by atoms with van der Waals surface area (Å²) in [5, 5.41) is 23.7. The molecular weight excluding hydrogens is 420 g/mol. The summed E-state index contributed by atoms with van der Waals surface area (Å²) < 4.78 is 2.14. The van der Waals surface area contributed by atoms with E-state index in [-0.39, 0.29) is 17.6 Å². The van der Waals surface area contributed by atoms with Crippen LogP contribution in [0.3, 0.4) is 0 Å². The first-order chi connectivity index (χ1) is 16.2. The van der Waals surface area contributed by atoms with Crippen LogP contribution in [0.4, 0.5) is 0 Å². The van der Waals surface area contributed by atoms with Crippen LogP contribution in [0.15, 0.2) is 0 Å². The molecule has 1 aliphatic heterocycles. The molecule has 4 aliphatic rings. The molecule has 0 radical (unpaired) electrons. The molecule has 10 unspecified atom stereocenters. The number of fused-ring (bicyclic) bond motifs is 7. The van der Waals surface area contributed by atoms with Crippen molar-refractivity contribution in [2.45, 2.75) is 124 Å². The van der Waals surface area contributed by atoms with Gasteiger partial charge in [-0.3, -0.25) is 0 Å². The second kappa shape index (κ2) is 9.16. The van der Waals surface area contributed by atoms with Gasteiger partial charge in [0.05, 0.1) is 12.1 Å². The van der Waals surface area contributed by atoms with Crippen LogP contribution in [0.5, 0.6) is 0 Å². The normalized spacial score (nSPS) is 43.4.